The zero-order chi connectivity index (χ0) is 22.6. The van der Waals surface area contributed by atoms with Gasteiger partial charge in [0.05, 0.1) is 15.5 Å². The summed E-state index contributed by atoms with van der Waals surface area (Å²) < 4.78 is 54.9. The molecule has 7 nitrogen and oxygen atoms in total. The Morgan fingerprint density at radius 3 is 2.22 bits per heavy atom. The van der Waals surface area contributed by atoms with Crippen LogP contribution >= 0.6 is 0 Å². The molecule has 0 atom stereocenters. The first-order chi connectivity index (χ1) is 15.3. The molecule has 1 aromatic heterocycles. The summed E-state index contributed by atoms with van der Waals surface area (Å²) in [7, 11) is -7.46. The molecule has 1 fully saturated rings. The lowest BCUT2D eigenvalue weighted by atomic mass is 10.2. The van der Waals surface area contributed by atoms with E-state index < -0.39 is 20.0 Å². The van der Waals surface area contributed by atoms with E-state index in [0.717, 1.165) is 24.1 Å². The van der Waals surface area contributed by atoms with Gasteiger partial charge in [-0.15, -0.1) is 0 Å². The van der Waals surface area contributed by atoms with Gasteiger partial charge in [0.25, 0.3) is 10.0 Å². The Bertz CT molecular complexity index is 1320. The molecule has 0 saturated carbocycles. The molecule has 0 unspecified atom stereocenters. The van der Waals surface area contributed by atoms with E-state index >= 15 is 0 Å². The SMILES string of the molecule is O=S(=O)(Nc1cccc(C=Cc2ccccn2)c1)c1ccc(S(=O)(=O)N2CCCC2)cc1. The highest BCUT2D eigenvalue weighted by Gasteiger charge is 2.27. The van der Waals surface area contributed by atoms with Gasteiger partial charge in [-0.1, -0.05) is 24.3 Å². The van der Waals surface area contributed by atoms with E-state index in [1.165, 1.54) is 28.6 Å². The van der Waals surface area contributed by atoms with E-state index in [-0.39, 0.29) is 9.79 Å². The molecule has 0 amide bonds. The lowest BCUT2D eigenvalue weighted by Gasteiger charge is -2.15. The van der Waals surface area contributed by atoms with Crippen molar-refractivity contribution >= 4 is 37.9 Å². The van der Waals surface area contributed by atoms with Gasteiger partial charge in [0, 0.05) is 25.0 Å². The minimum Gasteiger partial charge on any atom is -0.280 e. The van der Waals surface area contributed by atoms with Crippen molar-refractivity contribution in [1.82, 2.24) is 9.29 Å². The third-order valence-corrected chi connectivity index (χ3v) is 8.42. The molecular weight excluding hydrogens is 446 g/mol. The molecule has 4 rings (SSSR count). The molecular formula is C23H23N3O4S2. The summed E-state index contributed by atoms with van der Waals surface area (Å²) in [6.07, 6.45) is 7.06. The fourth-order valence-electron chi connectivity index (χ4n) is 3.44. The molecule has 0 radical (unpaired) electrons. The average molecular weight is 470 g/mol. The van der Waals surface area contributed by atoms with Crippen LogP contribution in [-0.2, 0) is 20.0 Å². The minimum atomic E-state index is -3.87. The molecule has 2 aromatic carbocycles. The number of hydrogen-bond acceptors (Lipinski definition) is 5. The molecule has 1 saturated heterocycles. The van der Waals surface area contributed by atoms with Gasteiger partial charge >= 0.3 is 0 Å². The van der Waals surface area contributed by atoms with Crippen molar-refractivity contribution in [3.05, 3.63) is 84.2 Å². The van der Waals surface area contributed by atoms with Gasteiger partial charge < -0.3 is 0 Å². The third-order valence-electron chi connectivity index (χ3n) is 5.11. The molecule has 0 bridgehead atoms. The predicted molar refractivity (Wildman–Crippen MR) is 125 cm³/mol. The van der Waals surface area contributed by atoms with Gasteiger partial charge in [0.1, 0.15) is 0 Å². The van der Waals surface area contributed by atoms with Crippen molar-refractivity contribution in [2.45, 2.75) is 22.6 Å². The molecule has 32 heavy (non-hydrogen) atoms. The number of pyridine rings is 1. The smallest absolute Gasteiger partial charge is 0.261 e. The highest BCUT2D eigenvalue weighted by atomic mass is 32.2. The monoisotopic (exact) mass is 469 g/mol. The van der Waals surface area contributed by atoms with E-state index in [1.54, 1.807) is 24.4 Å². The van der Waals surface area contributed by atoms with Gasteiger partial charge in [-0.05, 0) is 73.0 Å². The largest absolute Gasteiger partial charge is 0.280 e. The molecule has 3 aromatic rings. The summed E-state index contributed by atoms with van der Waals surface area (Å²) in [6.45, 7) is 0.990. The molecule has 0 spiro atoms. The van der Waals surface area contributed by atoms with Gasteiger partial charge in [-0.25, -0.2) is 16.8 Å². The summed E-state index contributed by atoms with van der Waals surface area (Å²) in [4.78, 5) is 4.31. The molecule has 0 aliphatic carbocycles. The van der Waals surface area contributed by atoms with E-state index in [2.05, 4.69) is 9.71 Å². The van der Waals surface area contributed by atoms with Crippen molar-refractivity contribution in [1.29, 1.82) is 0 Å². The third kappa shape index (κ3) is 5.07. The molecule has 1 aliphatic heterocycles. The van der Waals surface area contributed by atoms with Crippen LogP contribution in [0.1, 0.15) is 24.1 Å². The van der Waals surface area contributed by atoms with E-state index in [9.17, 15) is 16.8 Å². The molecule has 2 heterocycles. The first-order valence-electron chi connectivity index (χ1n) is 10.2. The Kier molecular flexibility index (Phi) is 6.40. The van der Waals surface area contributed by atoms with Crippen molar-refractivity contribution in [3.8, 4) is 0 Å². The molecule has 1 aliphatic rings. The summed E-state index contributed by atoms with van der Waals surface area (Å²) in [5.41, 5.74) is 2.01. The van der Waals surface area contributed by atoms with Gasteiger partial charge in [-0.3, -0.25) is 9.71 Å². The highest BCUT2D eigenvalue weighted by Crippen LogP contribution is 2.23. The summed E-state index contributed by atoms with van der Waals surface area (Å²) in [5, 5.41) is 0. The normalized spacial score (nSPS) is 15.2. The second-order valence-electron chi connectivity index (χ2n) is 7.40. The second kappa shape index (κ2) is 9.23. The fraction of sp³-hybridized carbons (Fsp3) is 0.174. The maximum Gasteiger partial charge on any atom is 0.261 e. The quantitative estimate of drug-likeness (QED) is 0.567. The topological polar surface area (TPSA) is 96.4 Å². The number of aromatic nitrogens is 1. The fourth-order valence-corrected chi connectivity index (χ4v) is 6.01. The zero-order valence-electron chi connectivity index (χ0n) is 17.3. The van der Waals surface area contributed by atoms with Crippen LogP contribution in [0.3, 0.4) is 0 Å². The van der Waals surface area contributed by atoms with Crippen LogP contribution in [0, 0.1) is 0 Å². The van der Waals surface area contributed by atoms with Crippen LogP contribution in [0.25, 0.3) is 12.2 Å². The Hall–Kier alpha value is -3.01. The van der Waals surface area contributed by atoms with E-state index in [0.29, 0.717) is 18.8 Å². The number of benzene rings is 2. The standard InChI is InChI=1S/C23H23N3O4S2/c27-31(28,22-11-13-23(14-12-22)32(29,30)26-16-3-4-17-26)25-21-8-5-6-19(18-21)9-10-20-7-1-2-15-24-20/h1-2,5-15,18,25H,3-4,16-17H2. The summed E-state index contributed by atoms with van der Waals surface area (Å²) in [5.74, 6) is 0. The first kappa shape index (κ1) is 22.2. The van der Waals surface area contributed by atoms with Crippen LogP contribution in [0.15, 0.2) is 82.7 Å². The maximum atomic E-state index is 12.8. The van der Waals surface area contributed by atoms with Crippen molar-refractivity contribution in [3.63, 3.8) is 0 Å². The Morgan fingerprint density at radius 1 is 0.812 bits per heavy atom. The highest BCUT2D eigenvalue weighted by molar-refractivity contribution is 7.92. The Morgan fingerprint density at radius 2 is 1.53 bits per heavy atom. The summed E-state index contributed by atoms with van der Waals surface area (Å²) >= 11 is 0. The second-order valence-corrected chi connectivity index (χ2v) is 11.0. The average Bonchev–Trinajstić information content (AvgIpc) is 3.35. The van der Waals surface area contributed by atoms with Crippen LogP contribution in [0.2, 0.25) is 0 Å². The van der Waals surface area contributed by atoms with E-state index in [1.807, 2.05) is 36.4 Å². The van der Waals surface area contributed by atoms with Crippen LogP contribution in [0.5, 0.6) is 0 Å². The van der Waals surface area contributed by atoms with Gasteiger partial charge in [0.2, 0.25) is 10.0 Å². The lowest BCUT2D eigenvalue weighted by Crippen LogP contribution is -2.27. The maximum absolute atomic E-state index is 12.8. The van der Waals surface area contributed by atoms with Crippen LogP contribution in [0.4, 0.5) is 5.69 Å². The molecule has 9 heteroatoms. The number of hydrogen-bond donors (Lipinski definition) is 1. The Balaban J connectivity index is 1.50. The first-order valence-corrected chi connectivity index (χ1v) is 13.1. The number of nitrogens with one attached hydrogen (secondary N) is 1. The van der Waals surface area contributed by atoms with Crippen LogP contribution in [-0.4, -0.2) is 39.2 Å². The van der Waals surface area contributed by atoms with Crippen molar-refractivity contribution < 1.29 is 16.8 Å². The van der Waals surface area contributed by atoms with Crippen molar-refractivity contribution in [2.75, 3.05) is 17.8 Å². The lowest BCUT2D eigenvalue weighted by molar-refractivity contribution is 0.477. The summed E-state index contributed by atoms with van der Waals surface area (Å²) in [6, 6.07) is 17.9. The zero-order valence-corrected chi connectivity index (χ0v) is 18.9. The van der Waals surface area contributed by atoms with Crippen LogP contribution < -0.4 is 4.72 Å². The molecule has 166 valence electrons. The predicted octanol–water partition coefficient (Wildman–Crippen LogP) is 3.84. The number of rotatable bonds is 7. The van der Waals surface area contributed by atoms with Crippen molar-refractivity contribution in [2.24, 2.45) is 0 Å². The molecule has 1 N–H and O–H groups in total. The number of anilines is 1. The van der Waals surface area contributed by atoms with Gasteiger partial charge in [-0.2, -0.15) is 4.31 Å². The van der Waals surface area contributed by atoms with Gasteiger partial charge in [0.15, 0.2) is 0 Å². The Labute approximate surface area is 188 Å². The number of sulfonamides is 2. The number of nitrogens with zero attached hydrogens (tertiary/aromatic N) is 2. The minimum absolute atomic E-state index is 0.00713. The van der Waals surface area contributed by atoms with E-state index in [4.69, 9.17) is 0 Å².